The molecule has 0 aliphatic carbocycles. The van der Waals surface area contributed by atoms with E-state index in [4.69, 9.17) is 4.98 Å². The molecule has 4 nitrogen and oxygen atoms in total. The van der Waals surface area contributed by atoms with Crippen LogP contribution in [-0.4, -0.2) is 14.1 Å². The molecule has 0 spiro atoms. The number of benzene rings is 7. The average molecular weight is 617 g/mol. The van der Waals surface area contributed by atoms with Crippen molar-refractivity contribution in [3.8, 4) is 22.8 Å². The Labute approximate surface area is 279 Å². The van der Waals surface area contributed by atoms with Crippen molar-refractivity contribution in [2.75, 3.05) is 4.90 Å². The minimum atomic E-state index is 0.922. The van der Waals surface area contributed by atoms with Crippen molar-refractivity contribution in [1.82, 2.24) is 14.1 Å². The van der Waals surface area contributed by atoms with Crippen LogP contribution in [0.15, 0.2) is 176 Å². The zero-order chi connectivity index (χ0) is 32.0. The number of aromatic nitrogens is 3. The van der Waals surface area contributed by atoms with E-state index in [0.29, 0.717) is 0 Å². The lowest BCUT2D eigenvalue weighted by atomic mass is 10.1. The summed E-state index contributed by atoms with van der Waals surface area (Å²) in [5.41, 5.74) is 12.3. The lowest BCUT2D eigenvalue weighted by Gasteiger charge is -2.26. The number of para-hydroxylation sites is 5. The van der Waals surface area contributed by atoms with Crippen LogP contribution in [0.2, 0.25) is 0 Å². The van der Waals surface area contributed by atoms with E-state index in [-0.39, 0.29) is 0 Å². The molecule has 0 N–H and O–H groups in total. The van der Waals surface area contributed by atoms with Crippen molar-refractivity contribution in [3.05, 3.63) is 181 Å². The summed E-state index contributed by atoms with van der Waals surface area (Å²) in [7, 11) is 0. The zero-order valence-electron chi connectivity index (χ0n) is 26.5. The lowest BCUT2D eigenvalue weighted by Crippen LogP contribution is -2.09. The fourth-order valence-electron chi connectivity index (χ4n) is 6.96. The Morgan fingerprint density at radius 3 is 1.69 bits per heavy atom. The van der Waals surface area contributed by atoms with Crippen molar-refractivity contribution < 1.29 is 0 Å². The molecule has 0 aliphatic heterocycles. The van der Waals surface area contributed by atoms with E-state index in [1.807, 2.05) is 12.1 Å². The first kappa shape index (κ1) is 27.9. The minimum Gasteiger partial charge on any atom is -0.310 e. The topological polar surface area (TPSA) is 26.0 Å². The molecule has 4 heteroatoms. The quantitative estimate of drug-likeness (QED) is 0.186. The highest BCUT2D eigenvalue weighted by Crippen LogP contribution is 2.40. The van der Waals surface area contributed by atoms with Gasteiger partial charge in [0.05, 0.1) is 22.1 Å². The van der Waals surface area contributed by atoms with E-state index in [0.717, 1.165) is 50.9 Å². The molecule has 228 valence electrons. The summed E-state index contributed by atoms with van der Waals surface area (Å²) >= 11 is 0. The van der Waals surface area contributed by atoms with Crippen LogP contribution in [0, 0.1) is 6.92 Å². The van der Waals surface area contributed by atoms with Gasteiger partial charge in [0.1, 0.15) is 5.82 Å². The summed E-state index contributed by atoms with van der Waals surface area (Å²) < 4.78 is 4.62. The van der Waals surface area contributed by atoms with E-state index < -0.39 is 0 Å². The molecule has 0 unspecified atom stereocenters. The summed E-state index contributed by atoms with van der Waals surface area (Å²) in [6.45, 7) is 2.17. The SMILES string of the molecule is Cc1ccc2c(c1)c1cc(N(c3ccccc3)c3ccc(-c4nc5ccccc5n4-c4ccccc4)cc3)ccc1n2-c1ccccc1. The second-order valence-electron chi connectivity index (χ2n) is 12.2. The molecule has 0 fully saturated rings. The summed E-state index contributed by atoms with van der Waals surface area (Å²) in [5, 5.41) is 2.48. The standard InChI is InChI=1S/C44H32N4/c1-31-21-27-41-38(29-31)39-30-37(26-28-42(39)47(41)34-15-7-3-8-16-34)46(33-13-5-2-6-14-33)36-24-22-32(23-25-36)44-45-40-19-11-12-20-43(40)48(44)35-17-9-4-10-18-35/h2-30H,1H3. The summed E-state index contributed by atoms with van der Waals surface area (Å²) in [5.74, 6) is 0.922. The van der Waals surface area contributed by atoms with Gasteiger partial charge in [0.15, 0.2) is 0 Å². The number of nitrogens with zero attached hydrogens (tertiary/aromatic N) is 4. The maximum absolute atomic E-state index is 5.09. The van der Waals surface area contributed by atoms with Gasteiger partial charge in [-0.25, -0.2) is 4.98 Å². The van der Waals surface area contributed by atoms with Gasteiger partial charge in [0.25, 0.3) is 0 Å². The maximum atomic E-state index is 5.09. The maximum Gasteiger partial charge on any atom is 0.145 e. The van der Waals surface area contributed by atoms with Crippen LogP contribution in [0.25, 0.3) is 55.6 Å². The van der Waals surface area contributed by atoms with E-state index >= 15 is 0 Å². The van der Waals surface area contributed by atoms with Gasteiger partial charge in [-0.1, -0.05) is 78.4 Å². The highest BCUT2D eigenvalue weighted by Gasteiger charge is 2.19. The Bertz CT molecular complexity index is 2550. The molecule has 0 bridgehead atoms. The third kappa shape index (κ3) is 4.66. The van der Waals surface area contributed by atoms with Crippen LogP contribution in [0.1, 0.15) is 5.56 Å². The van der Waals surface area contributed by atoms with Gasteiger partial charge in [-0.2, -0.15) is 0 Å². The van der Waals surface area contributed by atoms with Crippen LogP contribution in [0.5, 0.6) is 0 Å². The smallest absolute Gasteiger partial charge is 0.145 e. The molecule has 9 rings (SSSR count). The molecule has 0 radical (unpaired) electrons. The molecule has 0 saturated heterocycles. The summed E-state index contributed by atoms with van der Waals surface area (Å²) in [6, 6.07) is 62.4. The predicted octanol–water partition coefficient (Wildman–Crippen LogP) is 11.6. The second kappa shape index (κ2) is 11.4. The molecular weight excluding hydrogens is 585 g/mol. The summed E-state index contributed by atoms with van der Waals surface area (Å²) in [4.78, 5) is 7.43. The van der Waals surface area contributed by atoms with Crippen molar-refractivity contribution in [2.24, 2.45) is 0 Å². The Morgan fingerprint density at radius 1 is 0.438 bits per heavy atom. The first-order valence-electron chi connectivity index (χ1n) is 16.3. The molecule has 0 amide bonds. The van der Waals surface area contributed by atoms with Crippen molar-refractivity contribution in [3.63, 3.8) is 0 Å². The molecule has 7 aromatic carbocycles. The first-order valence-corrected chi connectivity index (χ1v) is 16.3. The number of rotatable bonds is 6. The van der Waals surface area contributed by atoms with Crippen molar-refractivity contribution in [2.45, 2.75) is 6.92 Å². The van der Waals surface area contributed by atoms with E-state index in [1.54, 1.807) is 0 Å². The van der Waals surface area contributed by atoms with Gasteiger partial charge in [0, 0.05) is 44.8 Å². The second-order valence-corrected chi connectivity index (χ2v) is 12.2. The van der Waals surface area contributed by atoms with Gasteiger partial charge >= 0.3 is 0 Å². The zero-order valence-corrected chi connectivity index (χ0v) is 26.5. The largest absolute Gasteiger partial charge is 0.310 e. The number of fused-ring (bicyclic) bond motifs is 4. The van der Waals surface area contributed by atoms with Crippen LogP contribution >= 0.6 is 0 Å². The molecule has 0 saturated carbocycles. The molecule has 0 atom stereocenters. The fourth-order valence-corrected chi connectivity index (χ4v) is 6.96. The predicted molar refractivity (Wildman–Crippen MR) is 200 cm³/mol. The van der Waals surface area contributed by atoms with E-state index in [2.05, 4.69) is 185 Å². The van der Waals surface area contributed by atoms with Crippen LogP contribution in [0.4, 0.5) is 17.1 Å². The highest BCUT2D eigenvalue weighted by molar-refractivity contribution is 6.11. The van der Waals surface area contributed by atoms with Crippen LogP contribution in [-0.2, 0) is 0 Å². The van der Waals surface area contributed by atoms with E-state index in [1.165, 1.54) is 27.4 Å². The van der Waals surface area contributed by atoms with Crippen LogP contribution < -0.4 is 4.90 Å². The fraction of sp³-hybridized carbons (Fsp3) is 0.0227. The first-order chi connectivity index (χ1) is 23.7. The monoisotopic (exact) mass is 616 g/mol. The van der Waals surface area contributed by atoms with Gasteiger partial charge in [-0.15, -0.1) is 0 Å². The number of anilines is 3. The number of hydrogen-bond donors (Lipinski definition) is 0. The van der Waals surface area contributed by atoms with E-state index in [9.17, 15) is 0 Å². The Hall–Kier alpha value is -6.39. The van der Waals surface area contributed by atoms with Gasteiger partial charge < -0.3 is 9.47 Å². The third-order valence-electron chi connectivity index (χ3n) is 9.15. The molecular formula is C44H32N4. The third-order valence-corrected chi connectivity index (χ3v) is 9.15. The Kier molecular flexibility index (Phi) is 6.65. The van der Waals surface area contributed by atoms with Gasteiger partial charge in [-0.05, 0) is 110 Å². The lowest BCUT2D eigenvalue weighted by molar-refractivity contribution is 1.10. The van der Waals surface area contributed by atoms with Gasteiger partial charge in [0.2, 0.25) is 0 Å². The number of aryl methyl sites for hydroxylation is 1. The summed E-state index contributed by atoms with van der Waals surface area (Å²) in [6.07, 6.45) is 0. The van der Waals surface area contributed by atoms with Crippen molar-refractivity contribution >= 4 is 49.9 Å². The van der Waals surface area contributed by atoms with Gasteiger partial charge in [-0.3, -0.25) is 4.57 Å². The molecule has 0 aliphatic rings. The highest BCUT2D eigenvalue weighted by atomic mass is 15.1. The molecule has 48 heavy (non-hydrogen) atoms. The molecule has 2 aromatic heterocycles. The number of hydrogen-bond acceptors (Lipinski definition) is 2. The Morgan fingerprint density at radius 2 is 0.979 bits per heavy atom. The molecule has 9 aromatic rings. The Balaban J connectivity index is 1.20. The van der Waals surface area contributed by atoms with Crippen LogP contribution in [0.3, 0.4) is 0 Å². The molecule has 2 heterocycles. The number of imidazole rings is 1. The average Bonchev–Trinajstić information content (AvgIpc) is 3.69. The van der Waals surface area contributed by atoms with Crippen molar-refractivity contribution in [1.29, 1.82) is 0 Å². The minimum absolute atomic E-state index is 0.922. The normalized spacial score (nSPS) is 11.4.